The molecule has 0 saturated carbocycles. The van der Waals surface area contributed by atoms with E-state index in [0.29, 0.717) is 0 Å². The Labute approximate surface area is 60.7 Å². The largest absolute Gasteiger partial charge is 0.480 e. The maximum absolute atomic E-state index is 10.2. The number of nitrogens with one attached hydrogen (secondary N) is 1. The van der Waals surface area contributed by atoms with Crippen LogP contribution in [0.5, 0.6) is 0 Å². The molecule has 0 rings (SSSR count). The molecule has 0 unspecified atom stereocenters. The first-order valence-corrected chi connectivity index (χ1v) is 3.32. The minimum Gasteiger partial charge on any atom is -0.480 e. The van der Waals surface area contributed by atoms with Crippen molar-refractivity contribution < 1.29 is 9.90 Å². The molecule has 3 heteroatoms. The summed E-state index contributed by atoms with van der Waals surface area (Å²) in [6.45, 7) is 3.59. The van der Waals surface area contributed by atoms with Gasteiger partial charge in [-0.1, -0.05) is 13.0 Å². The lowest BCUT2D eigenvalue weighted by Crippen LogP contribution is -2.29. The van der Waals surface area contributed by atoms with Crippen molar-refractivity contribution in [3.63, 3.8) is 0 Å². The summed E-state index contributed by atoms with van der Waals surface area (Å²) in [6.07, 6.45) is 4.46. The molecule has 10 heavy (non-hydrogen) atoms. The molecular weight excluding hydrogens is 130 g/mol. The predicted octanol–water partition coefficient (Wildman–Crippen LogP) is 0.973. The topological polar surface area (TPSA) is 49.3 Å². The van der Waals surface area contributed by atoms with Crippen LogP contribution in [-0.4, -0.2) is 17.1 Å². The molecule has 0 aromatic rings. The standard InChI is InChI=1S/C7H13NO2/c1-3-4-5-8-6(2)7(9)10/h4-6,8H,3H2,1-2H3,(H,9,10)/t6-/m1/s1. The molecule has 0 bridgehead atoms. The van der Waals surface area contributed by atoms with Crippen molar-refractivity contribution in [2.45, 2.75) is 26.3 Å². The molecule has 0 aliphatic carbocycles. The second-order valence-electron chi connectivity index (χ2n) is 2.04. The Morgan fingerprint density at radius 3 is 2.80 bits per heavy atom. The zero-order valence-electron chi connectivity index (χ0n) is 6.29. The molecule has 3 nitrogen and oxygen atoms in total. The number of carboxylic acid groups (broad SMARTS) is 1. The second kappa shape index (κ2) is 4.85. The molecule has 0 heterocycles. The van der Waals surface area contributed by atoms with E-state index in [4.69, 9.17) is 5.11 Å². The van der Waals surface area contributed by atoms with Crippen LogP contribution >= 0.6 is 0 Å². The lowest BCUT2D eigenvalue weighted by Gasteiger charge is -2.03. The van der Waals surface area contributed by atoms with E-state index >= 15 is 0 Å². The Morgan fingerprint density at radius 1 is 1.80 bits per heavy atom. The van der Waals surface area contributed by atoms with E-state index in [1.165, 1.54) is 0 Å². The van der Waals surface area contributed by atoms with Gasteiger partial charge in [0, 0.05) is 0 Å². The third-order valence-electron chi connectivity index (χ3n) is 1.07. The molecule has 0 saturated heterocycles. The summed E-state index contributed by atoms with van der Waals surface area (Å²) in [5.74, 6) is -0.833. The van der Waals surface area contributed by atoms with Crippen molar-refractivity contribution in [3.8, 4) is 0 Å². The highest BCUT2D eigenvalue weighted by Crippen LogP contribution is 1.82. The summed E-state index contributed by atoms with van der Waals surface area (Å²) in [5.41, 5.74) is 0. The van der Waals surface area contributed by atoms with Gasteiger partial charge in [0.2, 0.25) is 0 Å². The van der Waals surface area contributed by atoms with E-state index in [0.717, 1.165) is 6.42 Å². The highest BCUT2D eigenvalue weighted by Gasteiger charge is 2.05. The van der Waals surface area contributed by atoms with E-state index < -0.39 is 12.0 Å². The van der Waals surface area contributed by atoms with Crippen LogP contribution in [0.3, 0.4) is 0 Å². The van der Waals surface area contributed by atoms with Crippen molar-refractivity contribution >= 4 is 5.97 Å². The SMILES string of the molecule is CCC=CN[C@H](C)C(=O)O. The van der Waals surface area contributed by atoms with Gasteiger partial charge in [-0.15, -0.1) is 0 Å². The molecule has 0 radical (unpaired) electrons. The van der Waals surface area contributed by atoms with Crippen LogP contribution in [0.25, 0.3) is 0 Å². The number of allylic oxidation sites excluding steroid dienone is 1. The minimum atomic E-state index is -0.833. The van der Waals surface area contributed by atoms with Crippen LogP contribution < -0.4 is 5.32 Å². The summed E-state index contributed by atoms with van der Waals surface area (Å²) in [4.78, 5) is 10.2. The Morgan fingerprint density at radius 2 is 2.40 bits per heavy atom. The maximum atomic E-state index is 10.2. The Hall–Kier alpha value is -0.990. The van der Waals surface area contributed by atoms with Gasteiger partial charge in [0.25, 0.3) is 0 Å². The van der Waals surface area contributed by atoms with E-state index in [1.807, 2.05) is 13.0 Å². The van der Waals surface area contributed by atoms with Gasteiger partial charge < -0.3 is 10.4 Å². The monoisotopic (exact) mass is 143 g/mol. The molecule has 0 aliphatic heterocycles. The quantitative estimate of drug-likeness (QED) is 0.616. The van der Waals surface area contributed by atoms with Gasteiger partial charge in [0.15, 0.2) is 0 Å². The average molecular weight is 143 g/mol. The fourth-order valence-electron chi connectivity index (χ4n) is 0.402. The summed E-state index contributed by atoms with van der Waals surface area (Å²) < 4.78 is 0. The summed E-state index contributed by atoms with van der Waals surface area (Å²) in [6, 6.07) is -0.497. The summed E-state index contributed by atoms with van der Waals surface area (Å²) >= 11 is 0. The first kappa shape index (κ1) is 9.01. The van der Waals surface area contributed by atoms with Crippen LogP contribution in [0.1, 0.15) is 20.3 Å². The molecule has 1 atom stereocenters. The van der Waals surface area contributed by atoms with E-state index in [2.05, 4.69) is 5.32 Å². The number of hydrogen-bond acceptors (Lipinski definition) is 2. The van der Waals surface area contributed by atoms with Gasteiger partial charge in [0.05, 0.1) is 0 Å². The molecule has 0 fully saturated rings. The van der Waals surface area contributed by atoms with Crippen molar-refractivity contribution in [1.29, 1.82) is 0 Å². The molecule has 0 spiro atoms. The van der Waals surface area contributed by atoms with Crippen LogP contribution in [0, 0.1) is 0 Å². The number of hydrogen-bond donors (Lipinski definition) is 2. The van der Waals surface area contributed by atoms with Gasteiger partial charge in [-0.05, 0) is 19.5 Å². The highest BCUT2D eigenvalue weighted by atomic mass is 16.4. The van der Waals surface area contributed by atoms with Gasteiger partial charge in [-0.25, -0.2) is 0 Å². The Bertz CT molecular complexity index is 132. The number of carboxylic acids is 1. The lowest BCUT2D eigenvalue weighted by atomic mass is 10.3. The number of carbonyl (C=O) groups is 1. The molecule has 0 aromatic heterocycles. The van der Waals surface area contributed by atoms with Crippen molar-refractivity contribution in [3.05, 3.63) is 12.3 Å². The third kappa shape index (κ3) is 3.95. The minimum absolute atomic E-state index is 0.497. The third-order valence-corrected chi connectivity index (χ3v) is 1.07. The number of aliphatic carboxylic acids is 1. The zero-order chi connectivity index (χ0) is 7.98. The van der Waals surface area contributed by atoms with Crippen LogP contribution in [0.4, 0.5) is 0 Å². The van der Waals surface area contributed by atoms with Gasteiger partial charge in [-0.3, -0.25) is 4.79 Å². The first-order chi connectivity index (χ1) is 4.68. The summed E-state index contributed by atoms with van der Waals surface area (Å²) in [7, 11) is 0. The first-order valence-electron chi connectivity index (χ1n) is 3.32. The average Bonchev–Trinajstić information content (AvgIpc) is 1.88. The van der Waals surface area contributed by atoms with Crippen LogP contribution in [-0.2, 0) is 4.79 Å². The Kier molecular flexibility index (Phi) is 4.37. The molecule has 0 aliphatic rings. The van der Waals surface area contributed by atoms with Crippen molar-refractivity contribution in [2.75, 3.05) is 0 Å². The van der Waals surface area contributed by atoms with E-state index in [9.17, 15) is 4.79 Å². The molecule has 0 amide bonds. The van der Waals surface area contributed by atoms with Gasteiger partial charge >= 0.3 is 5.97 Å². The maximum Gasteiger partial charge on any atom is 0.325 e. The predicted molar refractivity (Wildman–Crippen MR) is 39.7 cm³/mol. The number of rotatable bonds is 4. The highest BCUT2D eigenvalue weighted by molar-refractivity contribution is 5.72. The second-order valence-corrected chi connectivity index (χ2v) is 2.04. The summed E-state index contributed by atoms with van der Waals surface area (Å²) in [5, 5.41) is 11.1. The zero-order valence-corrected chi connectivity index (χ0v) is 6.29. The van der Waals surface area contributed by atoms with Gasteiger partial charge in [-0.2, -0.15) is 0 Å². The van der Waals surface area contributed by atoms with Crippen molar-refractivity contribution in [1.82, 2.24) is 5.32 Å². The fraction of sp³-hybridized carbons (Fsp3) is 0.571. The van der Waals surface area contributed by atoms with Gasteiger partial charge in [0.1, 0.15) is 6.04 Å². The molecular formula is C7H13NO2. The van der Waals surface area contributed by atoms with E-state index in [-0.39, 0.29) is 0 Å². The van der Waals surface area contributed by atoms with Crippen molar-refractivity contribution in [2.24, 2.45) is 0 Å². The van der Waals surface area contributed by atoms with Crippen LogP contribution in [0.15, 0.2) is 12.3 Å². The molecule has 58 valence electrons. The fourth-order valence-corrected chi connectivity index (χ4v) is 0.402. The van der Waals surface area contributed by atoms with E-state index in [1.54, 1.807) is 13.1 Å². The van der Waals surface area contributed by atoms with Crippen LogP contribution in [0.2, 0.25) is 0 Å². The smallest absolute Gasteiger partial charge is 0.325 e. The lowest BCUT2D eigenvalue weighted by molar-refractivity contribution is -0.138. The normalized spacial score (nSPS) is 13.4. The molecule has 2 N–H and O–H groups in total. The molecule has 0 aromatic carbocycles. The Balaban J connectivity index is 3.48.